The van der Waals surface area contributed by atoms with E-state index in [4.69, 9.17) is 27.9 Å². The van der Waals surface area contributed by atoms with Gasteiger partial charge in [0, 0.05) is 11.4 Å². The van der Waals surface area contributed by atoms with E-state index in [0.717, 1.165) is 17.5 Å². The Hall–Kier alpha value is -2.78. The minimum atomic E-state index is -3.80. The highest BCUT2D eigenvalue weighted by atomic mass is 35.5. The number of urea groups is 1. The number of anilines is 2. The van der Waals surface area contributed by atoms with Crippen LogP contribution in [0.25, 0.3) is 0 Å². The number of carbonyl (C=O) groups excluding carboxylic acids is 1. The second kappa shape index (κ2) is 10.2. The van der Waals surface area contributed by atoms with E-state index < -0.39 is 22.1 Å². The lowest BCUT2D eigenvalue weighted by atomic mass is 10.0. The molecule has 34 heavy (non-hydrogen) atoms. The summed E-state index contributed by atoms with van der Waals surface area (Å²) in [5, 5.41) is 6.25. The van der Waals surface area contributed by atoms with Crippen molar-refractivity contribution in [1.82, 2.24) is 5.32 Å². The predicted octanol–water partition coefficient (Wildman–Crippen LogP) is 5.75. The van der Waals surface area contributed by atoms with Crippen LogP contribution >= 0.6 is 23.2 Å². The molecule has 1 atom stereocenters. The zero-order valence-corrected chi connectivity index (χ0v) is 20.6. The van der Waals surface area contributed by atoms with E-state index in [-0.39, 0.29) is 4.90 Å². The quantitative estimate of drug-likeness (QED) is 0.386. The molecule has 0 bridgehead atoms. The van der Waals surface area contributed by atoms with Crippen LogP contribution in [0, 0.1) is 0 Å². The van der Waals surface area contributed by atoms with E-state index >= 15 is 0 Å². The molecule has 4 rings (SSSR count). The van der Waals surface area contributed by atoms with Crippen LogP contribution in [-0.4, -0.2) is 21.1 Å². The number of sulfonamides is 1. The lowest BCUT2D eigenvalue weighted by molar-refractivity contribution is 0.111. The molecule has 178 valence electrons. The molecule has 3 aromatic carbocycles. The summed E-state index contributed by atoms with van der Waals surface area (Å²) in [4.78, 5) is 12.5. The molecule has 10 heteroatoms. The molecule has 3 aromatic rings. The average molecular weight is 520 g/mol. The summed E-state index contributed by atoms with van der Waals surface area (Å²) in [6.45, 7) is 2.92. The highest BCUT2D eigenvalue weighted by Gasteiger charge is 2.18. The molecule has 1 aliphatic heterocycles. The molecule has 3 N–H and O–H groups in total. The largest absolute Gasteiger partial charge is 0.376 e. The first-order valence-corrected chi connectivity index (χ1v) is 12.8. The maximum atomic E-state index is 12.8. The van der Waals surface area contributed by atoms with Crippen molar-refractivity contribution in [3.8, 4) is 0 Å². The van der Waals surface area contributed by atoms with Gasteiger partial charge in [0.15, 0.2) is 0 Å². The van der Waals surface area contributed by atoms with Crippen LogP contribution < -0.4 is 15.4 Å². The molecule has 0 radical (unpaired) electrons. The number of hydrogen-bond acceptors (Lipinski definition) is 4. The second-order valence-electron chi connectivity index (χ2n) is 7.88. The van der Waals surface area contributed by atoms with Gasteiger partial charge in [-0.1, -0.05) is 41.4 Å². The normalized spacial score (nSPS) is 14.1. The van der Waals surface area contributed by atoms with E-state index in [2.05, 4.69) is 15.4 Å². The number of amides is 2. The fourth-order valence-electron chi connectivity index (χ4n) is 3.66. The summed E-state index contributed by atoms with van der Waals surface area (Å²) in [5.41, 5.74) is 3.73. The molecule has 0 unspecified atom stereocenters. The van der Waals surface area contributed by atoms with Crippen LogP contribution in [0.5, 0.6) is 0 Å². The van der Waals surface area contributed by atoms with Gasteiger partial charge in [0.25, 0.3) is 10.0 Å². The maximum Gasteiger partial charge on any atom is 0.319 e. The number of fused-ring (bicyclic) bond motifs is 1. The Morgan fingerprint density at radius 1 is 1.00 bits per heavy atom. The lowest BCUT2D eigenvalue weighted by Gasteiger charge is -2.18. The minimum Gasteiger partial charge on any atom is -0.376 e. The van der Waals surface area contributed by atoms with Crippen molar-refractivity contribution >= 4 is 50.6 Å². The van der Waals surface area contributed by atoms with Gasteiger partial charge in [-0.15, -0.1) is 0 Å². The molecule has 0 aliphatic carbocycles. The van der Waals surface area contributed by atoms with E-state index in [0.29, 0.717) is 40.2 Å². The van der Waals surface area contributed by atoms with Gasteiger partial charge in [-0.05, 0) is 72.5 Å². The number of rotatable bonds is 6. The number of halogens is 2. The van der Waals surface area contributed by atoms with Gasteiger partial charge in [0.1, 0.15) is 0 Å². The van der Waals surface area contributed by atoms with Gasteiger partial charge >= 0.3 is 6.03 Å². The summed E-state index contributed by atoms with van der Waals surface area (Å²) in [6.07, 6.45) is 0.815. The average Bonchev–Trinajstić information content (AvgIpc) is 2.80. The maximum absolute atomic E-state index is 12.8. The van der Waals surface area contributed by atoms with E-state index in [1.54, 1.807) is 37.3 Å². The monoisotopic (exact) mass is 519 g/mol. The van der Waals surface area contributed by atoms with Crippen molar-refractivity contribution in [3.63, 3.8) is 0 Å². The third-order valence-electron chi connectivity index (χ3n) is 5.45. The summed E-state index contributed by atoms with van der Waals surface area (Å²) in [5.74, 6) is 0. The number of carbonyl (C=O) groups is 1. The Labute approximate surface area is 208 Å². The Bertz CT molecular complexity index is 1310. The van der Waals surface area contributed by atoms with Crippen molar-refractivity contribution in [3.05, 3.63) is 87.4 Å². The zero-order chi connectivity index (χ0) is 24.3. The number of hydrogen-bond donors (Lipinski definition) is 3. The van der Waals surface area contributed by atoms with Crippen molar-refractivity contribution in [1.29, 1.82) is 0 Å². The van der Waals surface area contributed by atoms with Crippen molar-refractivity contribution < 1.29 is 17.9 Å². The van der Waals surface area contributed by atoms with E-state index in [1.807, 2.05) is 6.07 Å². The summed E-state index contributed by atoms with van der Waals surface area (Å²) in [7, 11) is -3.80. The van der Waals surface area contributed by atoms with Crippen LogP contribution in [-0.2, 0) is 27.8 Å². The molecule has 0 spiro atoms. The second-order valence-corrected chi connectivity index (χ2v) is 10.3. The van der Waals surface area contributed by atoms with E-state index in [1.165, 1.54) is 24.3 Å². The molecule has 1 heterocycles. The summed E-state index contributed by atoms with van der Waals surface area (Å²) in [6, 6.07) is 15.7. The smallest absolute Gasteiger partial charge is 0.319 e. The molecule has 0 saturated heterocycles. The standard InChI is InChI=1S/C24H23Cl2N3O4S/c1-15(21-3-2-4-22(25)23(21)26)27-24(30)28-18-7-9-20(10-8-18)34(31,32)29-19-6-5-16-11-12-33-14-17(16)13-19/h2-10,13,15,29H,11-12,14H2,1H3,(H2,27,28,30)/t15-/m0/s1. The first-order chi connectivity index (χ1) is 16.2. The molecule has 7 nitrogen and oxygen atoms in total. The highest BCUT2D eigenvalue weighted by molar-refractivity contribution is 7.92. The van der Waals surface area contributed by atoms with Gasteiger partial charge in [-0.25, -0.2) is 13.2 Å². The highest BCUT2D eigenvalue weighted by Crippen LogP contribution is 2.30. The van der Waals surface area contributed by atoms with Crippen LogP contribution in [0.3, 0.4) is 0 Å². The molecule has 2 amide bonds. The van der Waals surface area contributed by atoms with Crippen molar-refractivity contribution in [2.75, 3.05) is 16.6 Å². The third-order valence-corrected chi connectivity index (χ3v) is 7.68. The summed E-state index contributed by atoms with van der Waals surface area (Å²) < 4.78 is 33.6. The number of benzene rings is 3. The SMILES string of the molecule is C[C@H](NC(=O)Nc1ccc(S(=O)(=O)Nc2ccc3c(c2)COCC3)cc1)c1cccc(Cl)c1Cl. The number of ether oxygens (including phenoxy) is 1. The van der Waals surface area contributed by atoms with Crippen LogP contribution in [0.4, 0.5) is 16.2 Å². The molecule has 0 fully saturated rings. The minimum absolute atomic E-state index is 0.0755. The molecular weight excluding hydrogens is 497 g/mol. The lowest BCUT2D eigenvalue weighted by Crippen LogP contribution is -2.31. The van der Waals surface area contributed by atoms with Gasteiger partial charge in [0.05, 0.1) is 34.2 Å². The Morgan fingerprint density at radius 2 is 1.74 bits per heavy atom. The first-order valence-electron chi connectivity index (χ1n) is 10.6. The zero-order valence-electron chi connectivity index (χ0n) is 18.3. The fourth-order valence-corrected chi connectivity index (χ4v) is 5.18. The van der Waals surface area contributed by atoms with Crippen LogP contribution in [0.1, 0.15) is 29.7 Å². The van der Waals surface area contributed by atoms with Crippen LogP contribution in [0.2, 0.25) is 10.0 Å². The van der Waals surface area contributed by atoms with Gasteiger partial charge < -0.3 is 15.4 Å². The Balaban J connectivity index is 1.39. The first kappa shape index (κ1) is 24.3. The third kappa shape index (κ3) is 5.64. The number of nitrogens with one attached hydrogen (secondary N) is 3. The molecule has 1 aliphatic rings. The van der Waals surface area contributed by atoms with Crippen molar-refractivity contribution in [2.45, 2.75) is 30.9 Å². The predicted molar refractivity (Wildman–Crippen MR) is 134 cm³/mol. The molecular formula is C24H23Cl2N3O4S. The Kier molecular flexibility index (Phi) is 7.33. The summed E-state index contributed by atoms with van der Waals surface area (Å²) >= 11 is 12.3. The van der Waals surface area contributed by atoms with Gasteiger partial charge in [-0.2, -0.15) is 0 Å². The van der Waals surface area contributed by atoms with Gasteiger partial charge in [-0.3, -0.25) is 4.72 Å². The topological polar surface area (TPSA) is 96.5 Å². The molecule has 0 aromatic heterocycles. The van der Waals surface area contributed by atoms with Gasteiger partial charge in [0.2, 0.25) is 0 Å². The fraction of sp³-hybridized carbons (Fsp3) is 0.208. The Morgan fingerprint density at radius 3 is 2.50 bits per heavy atom. The van der Waals surface area contributed by atoms with Crippen LogP contribution in [0.15, 0.2) is 65.6 Å². The van der Waals surface area contributed by atoms with Crippen molar-refractivity contribution in [2.24, 2.45) is 0 Å². The molecule has 0 saturated carbocycles. The van der Waals surface area contributed by atoms with E-state index in [9.17, 15) is 13.2 Å².